The Morgan fingerprint density at radius 3 is 2.24 bits per heavy atom. The molecule has 9 heteroatoms. The van der Waals surface area contributed by atoms with E-state index in [9.17, 15) is 0 Å². The average molecular weight is 568 g/mol. The first-order valence-corrected chi connectivity index (χ1v) is 17.1. The SMILES string of the molecule is CCCCN(CCCC)CCCC1CCN(Nc2nc(NC3CCC(N)CC3)nc3c2ncn3C2CCCC2)CC1. The lowest BCUT2D eigenvalue weighted by Gasteiger charge is -2.33. The minimum atomic E-state index is 0.335. The van der Waals surface area contributed by atoms with E-state index in [0.717, 1.165) is 67.6 Å². The van der Waals surface area contributed by atoms with Crippen molar-refractivity contribution in [2.24, 2.45) is 11.7 Å². The van der Waals surface area contributed by atoms with E-state index < -0.39 is 0 Å². The molecule has 2 saturated carbocycles. The van der Waals surface area contributed by atoms with E-state index >= 15 is 0 Å². The van der Waals surface area contributed by atoms with Gasteiger partial charge in [0.15, 0.2) is 17.0 Å². The molecule has 2 aromatic heterocycles. The molecular weight excluding hydrogens is 510 g/mol. The van der Waals surface area contributed by atoms with Crippen LogP contribution in [0.4, 0.5) is 11.8 Å². The number of hydrogen-bond acceptors (Lipinski definition) is 8. The largest absolute Gasteiger partial charge is 0.351 e. The summed E-state index contributed by atoms with van der Waals surface area (Å²) >= 11 is 0. The van der Waals surface area contributed by atoms with Gasteiger partial charge in [-0.05, 0) is 103 Å². The lowest BCUT2D eigenvalue weighted by atomic mass is 9.92. The Hall–Kier alpha value is -1.97. The van der Waals surface area contributed by atoms with E-state index in [1.807, 2.05) is 6.33 Å². The molecule has 0 unspecified atom stereocenters. The summed E-state index contributed by atoms with van der Waals surface area (Å²) in [4.78, 5) is 17.6. The monoisotopic (exact) mass is 567 g/mol. The molecule has 5 rings (SSSR count). The number of fused-ring (bicyclic) bond motifs is 1. The van der Waals surface area contributed by atoms with E-state index in [1.165, 1.54) is 96.7 Å². The highest BCUT2D eigenvalue weighted by Gasteiger charge is 2.26. The van der Waals surface area contributed by atoms with Gasteiger partial charge < -0.3 is 25.9 Å². The van der Waals surface area contributed by atoms with Gasteiger partial charge in [0.25, 0.3) is 0 Å². The number of rotatable bonds is 15. The smallest absolute Gasteiger partial charge is 0.227 e. The number of anilines is 2. The number of nitrogens with zero attached hydrogens (tertiary/aromatic N) is 6. The highest BCUT2D eigenvalue weighted by atomic mass is 15.5. The van der Waals surface area contributed by atoms with Gasteiger partial charge in [0.1, 0.15) is 0 Å². The van der Waals surface area contributed by atoms with Crippen LogP contribution in [0.3, 0.4) is 0 Å². The van der Waals surface area contributed by atoms with Gasteiger partial charge in [-0.1, -0.05) is 39.5 Å². The molecular formula is C32H57N9. The van der Waals surface area contributed by atoms with Crippen molar-refractivity contribution >= 4 is 22.9 Å². The fraction of sp³-hybridized carbons (Fsp3) is 0.844. The van der Waals surface area contributed by atoms with Crippen LogP contribution in [0, 0.1) is 5.92 Å². The molecule has 2 aromatic rings. The molecule has 0 amide bonds. The average Bonchev–Trinajstić information content (AvgIpc) is 3.67. The first kappa shape index (κ1) is 30.5. The molecule has 1 aliphatic heterocycles. The van der Waals surface area contributed by atoms with Gasteiger partial charge >= 0.3 is 0 Å². The normalized spacial score (nSPS) is 23.1. The van der Waals surface area contributed by atoms with Crippen LogP contribution in [0.2, 0.25) is 0 Å². The van der Waals surface area contributed by atoms with Crippen LogP contribution in [0.1, 0.15) is 123 Å². The Labute approximate surface area is 248 Å². The van der Waals surface area contributed by atoms with Gasteiger partial charge in [0.2, 0.25) is 5.95 Å². The zero-order chi connectivity index (χ0) is 28.4. The molecule has 3 aliphatic rings. The van der Waals surface area contributed by atoms with Crippen molar-refractivity contribution in [3.05, 3.63) is 6.33 Å². The molecule has 0 spiro atoms. The second-order valence-electron chi connectivity index (χ2n) is 13.1. The van der Waals surface area contributed by atoms with Crippen molar-refractivity contribution in [3.63, 3.8) is 0 Å². The predicted molar refractivity (Wildman–Crippen MR) is 170 cm³/mol. The molecule has 4 N–H and O–H groups in total. The number of nitrogens with two attached hydrogens (primary N) is 1. The topological polar surface area (TPSA) is 100 Å². The predicted octanol–water partition coefficient (Wildman–Crippen LogP) is 6.34. The van der Waals surface area contributed by atoms with E-state index in [0.29, 0.717) is 18.1 Å². The molecule has 0 bridgehead atoms. The molecule has 2 aliphatic carbocycles. The summed E-state index contributed by atoms with van der Waals surface area (Å²) in [5.74, 6) is 2.41. The van der Waals surface area contributed by atoms with Crippen LogP contribution in [0.15, 0.2) is 6.33 Å². The van der Waals surface area contributed by atoms with Gasteiger partial charge in [0, 0.05) is 31.2 Å². The van der Waals surface area contributed by atoms with Crippen LogP contribution in [-0.4, -0.2) is 74.2 Å². The summed E-state index contributed by atoms with van der Waals surface area (Å²) in [6.07, 6.45) is 21.7. The third-order valence-electron chi connectivity index (χ3n) is 9.87. The first-order valence-electron chi connectivity index (χ1n) is 17.1. The molecule has 0 atom stereocenters. The van der Waals surface area contributed by atoms with Crippen LogP contribution in [0.25, 0.3) is 11.2 Å². The summed E-state index contributed by atoms with van der Waals surface area (Å²) < 4.78 is 2.31. The fourth-order valence-electron chi connectivity index (χ4n) is 7.14. The van der Waals surface area contributed by atoms with Crippen molar-refractivity contribution in [2.75, 3.05) is 43.5 Å². The standard InChI is InChI=1S/C32H57N9/c1-3-5-19-39(20-6-4-2)21-9-10-25-17-22-40(23-18-25)38-30-29-31(41(24-34-29)28-11-7-8-12-28)37-32(36-30)35-27-15-13-26(33)14-16-27/h24-28H,3-23,33H2,1-2H3,(H2,35,36,37,38). The van der Waals surface area contributed by atoms with Gasteiger partial charge in [-0.25, -0.2) is 9.99 Å². The summed E-state index contributed by atoms with van der Waals surface area (Å²) in [5.41, 5.74) is 11.7. The summed E-state index contributed by atoms with van der Waals surface area (Å²) in [6, 6.07) is 1.22. The molecule has 230 valence electrons. The van der Waals surface area contributed by atoms with Crippen LogP contribution in [0.5, 0.6) is 0 Å². The number of unbranched alkanes of at least 4 members (excludes halogenated alkanes) is 2. The van der Waals surface area contributed by atoms with Crippen LogP contribution in [-0.2, 0) is 0 Å². The number of imidazole rings is 1. The molecule has 0 radical (unpaired) electrons. The minimum Gasteiger partial charge on any atom is -0.351 e. The summed E-state index contributed by atoms with van der Waals surface area (Å²) in [6.45, 7) is 10.5. The second kappa shape index (κ2) is 15.5. The Morgan fingerprint density at radius 2 is 1.56 bits per heavy atom. The van der Waals surface area contributed by atoms with Gasteiger partial charge in [-0.2, -0.15) is 9.97 Å². The molecule has 41 heavy (non-hydrogen) atoms. The van der Waals surface area contributed by atoms with Crippen LogP contribution >= 0.6 is 0 Å². The maximum absolute atomic E-state index is 6.17. The quantitative estimate of drug-likeness (QED) is 0.229. The van der Waals surface area contributed by atoms with Crippen molar-refractivity contribution < 1.29 is 0 Å². The highest BCUT2D eigenvalue weighted by Crippen LogP contribution is 2.34. The Bertz CT molecular complexity index is 1030. The highest BCUT2D eigenvalue weighted by molar-refractivity contribution is 5.84. The molecule has 3 fully saturated rings. The Kier molecular flexibility index (Phi) is 11.5. The maximum atomic E-state index is 6.17. The number of aromatic nitrogens is 4. The minimum absolute atomic E-state index is 0.335. The van der Waals surface area contributed by atoms with Crippen molar-refractivity contribution in [2.45, 2.75) is 135 Å². The number of nitrogens with one attached hydrogen (secondary N) is 2. The summed E-state index contributed by atoms with van der Waals surface area (Å²) in [7, 11) is 0. The summed E-state index contributed by atoms with van der Waals surface area (Å²) in [5, 5.41) is 6.03. The van der Waals surface area contributed by atoms with Gasteiger partial charge in [0.05, 0.1) is 6.33 Å². The van der Waals surface area contributed by atoms with Gasteiger partial charge in [-0.15, -0.1) is 0 Å². The van der Waals surface area contributed by atoms with E-state index in [-0.39, 0.29) is 0 Å². The van der Waals surface area contributed by atoms with Crippen molar-refractivity contribution in [3.8, 4) is 0 Å². The Balaban J connectivity index is 1.19. The maximum Gasteiger partial charge on any atom is 0.227 e. The zero-order valence-corrected chi connectivity index (χ0v) is 26.0. The molecule has 1 saturated heterocycles. The van der Waals surface area contributed by atoms with Crippen molar-refractivity contribution in [1.29, 1.82) is 0 Å². The van der Waals surface area contributed by atoms with E-state index in [2.05, 4.69) is 39.1 Å². The number of hydrogen-bond donors (Lipinski definition) is 3. The van der Waals surface area contributed by atoms with Crippen LogP contribution < -0.4 is 16.5 Å². The number of piperidine rings is 1. The second-order valence-corrected chi connectivity index (χ2v) is 13.1. The molecule has 0 aromatic carbocycles. The third-order valence-corrected chi connectivity index (χ3v) is 9.87. The third kappa shape index (κ3) is 8.54. The first-order chi connectivity index (χ1) is 20.1. The molecule has 9 nitrogen and oxygen atoms in total. The zero-order valence-electron chi connectivity index (χ0n) is 26.0. The Morgan fingerprint density at radius 1 is 0.878 bits per heavy atom. The van der Waals surface area contributed by atoms with Crippen molar-refractivity contribution in [1.82, 2.24) is 29.4 Å². The van der Waals surface area contributed by atoms with E-state index in [1.54, 1.807) is 0 Å². The lowest BCUT2D eigenvalue weighted by Crippen LogP contribution is -2.38. The fourth-order valence-corrected chi connectivity index (χ4v) is 7.14. The number of hydrazine groups is 1. The molecule has 3 heterocycles. The van der Waals surface area contributed by atoms with E-state index in [4.69, 9.17) is 20.7 Å². The van der Waals surface area contributed by atoms with Gasteiger partial charge in [-0.3, -0.25) is 0 Å². The lowest BCUT2D eigenvalue weighted by molar-refractivity contribution is 0.196.